The molecule has 0 unspecified atom stereocenters. The minimum Gasteiger partial charge on any atom is -0.325 e. The van der Waals surface area contributed by atoms with E-state index in [0.717, 1.165) is 16.8 Å². The van der Waals surface area contributed by atoms with Crippen LogP contribution in [-0.2, 0) is 4.79 Å². The summed E-state index contributed by atoms with van der Waals surface area (Å²) >= 11 is 1.22. The van der Waals surface area contributed by atoms with Crippen LogP contribution in [0.4, 0.5) is 10.1 Å². The molecule has 2 aromatic rings. The molecule has 6 heteroatoms. The molecule has 0 spiro atoms. The summed E-state index contributed by atoms with van der Waals surface area (Å²) in [4.78, 5) is 16.4. The second kappa shape index (κ2) is 7.25. The van der Waals surface area contributed by atoms with Gasteiger partial charge in [-0.2, -0.15) is 5.26 Å². The zero-order valence-corrected chi connectivity index (χ0v) is 13.9. The first kappa shape index (κ1) is 17.0. The zero-order valence-electron chi connectivity index (χ0n) is 13.1. The quantitative estimate of drug-likeness (QED) is 0.868. The molecule has 4 nitrogen and oxygen atoms in total. The van der Waals surface area contributed by atoms with Crippen molar-refractivity contribution in [3.8, 4) is 6.07 Å². The van der Waals surface area contributed by atoms with Crippen molar-refractivity contribution in [1.82, 2.24) is 4.98 Å². The summed E-state index contributed by atoms with van der Waals surface area (Å²) in [6.45, 7) is 5.69. The molecule has 0 radical (unpaired) electrons. The topological polar surface area (TPSA) is 65.8 Å². The van der Waals surface area contributed by atoms with E-state index in [4.69, 9.17) is 0 Å². The van der Waals surface area contributed by atoms with E-state index in [1.54, 1.807) is 0 Å². The molecule has 23 heavy (non-hydrogen) atoms. The summed E-state index contributed by atoms with van der Waals surface area (Å²) in [6, 6.07) is 7.71. The highest BCUT2D eigenvalue weighted by Gasteiger charge is 2.14. The van der Waals surface area contributed by atoms with E-state index in [1.165, 1.54) is 36.0 Å². The van der Waals surface area contributed by atoms with Crippen LogP contribution in [0.25, 0.3) is 0 Å². The van der Waals surface area contributed by atoms with Crippen molar-refractivity contribution in [2.45, 2.75) is 25.8 Å². The van der Waals surface area contributed by atoms with Crippen LogP contribution in [0.1, 0.15) is 22.4 Å². The highest BCUT2D eigenvalue weighted by atomic mass is 32.2. The largest absolute Gasteiger partial charge is 0.325 e. The average molecular weight is 329 g/mol. The van der Waals surface area contributed by atoms with E-state index in [9.17, 15) is 14.4 Å². The molecule has 0 bridgehead atoms. The number of anilines is 1. The van der Waals surface area contributed by atoms with Crippen molar-refractivity contribution in [2.75, 3.05) is 11.1 Å². The Hall–Kier alpha value is -2.39. The highest BCUT2D eigenvalue weighted by molar-refractivity contribution is 8.00. The number of aromatic nitrogens is 1. The van der Waals surface area contributed by atoms with Gasteiger partial charge in [0.25, 0.3) is 0 Å². The van der Waals surface area contributed by atoms with Crippen molar-refractivity contribution in [2.24, 2.45) is 0 Å². The molecule has 118 valence electrons. The molecule has 0 aliphatic rings. The molecule has 1 aromatic heterocycles. The molecular weight excluding hydrogens is 313 g/mol. The lowest BCUT2D eigenvalue weighted by Gasteiger charge is -2.11. The van der Waals surface area contributed by atoms with E-state index < -0.39 is 0 Å². The number of rotatable bonds is 4. The Bertz CT molecular complexity index is 782. The third-order valence-corrected chi connectivity index (χ3v) is 4.52. The number of nitrogens with one attached hydrogen (secondary N) is 1. The molecule has 0 saturated carbocycles. The van der Waals surface area contributed by atoms with Gasteiger partial charge in [0, 0.05) is 11.4 Å². The smallest absolute Gasteiger partial charge is 0.234 e. The van der Waals surface area contributed by atoms with Crippen LogP contribution in [0.5, 0.6) is 0 Å². The van der Waals surface area contributed by atoms with Gasteiger partial charge in [-0.1, -0.05) is 11.8 Å². The van der Waals surface area contributed by atoms with Crippen LogP contribution in [-0.4, -0.2) is 16.6 Å². The van der Waals surface area contributed by atoms with Gasteiger partial charge in [-0.15, -0.1) is 0 Å². The standard InChI is InChI=1S/C17H16FN3OS/c1-10-11(2)15(8-19)17(20-12(10)3)23-9-16(22)21-14-6-4-13(18)5-7-14/h4-7H,9H2,1-3H3,(H,21,22). The molecule has 1 heterocycles. The molecule has 1 amide bonds. The Kier molecular flexibility index (Phi) is 5.35. The van der Waals surface area contributed by atoms with Crippen molar-refractivity contribution >= 4 is 23.4 Å². The summed E-state index contributed by atoms with van der Waals surface area (Å²) in [5.41, 5.74) is 3.76. The maximum absolute atomic E-state index is 12.8. The first-order valence-corrected chi connectivity index (χ1v) is 7.97. The maximum atomic E-state index is 12.8. The fraction of sp³-hybridized carbons (Fsp3) is 0.235. The normalized spacial score (nSPS) is 10.2. The fourth-order valence-corrected chi connectivity index (χ4v) is 2.90. The summed E-state index contributed by atoms with van der Waals surface area (Å²) in [5, 5.41) is 12.5. The minimum atomic E-state index is -0.356. The van der Waals surface area contributed by atoms with Gasteiger partial charge in [-0.05, 0) is 56.2 Å². The summed E-state index contributed by atoms with van der Waals surface area (Å²) in [7, 11) is 0. The molecule has 0 aliphatic carbocycles. The summed E-state index contributed by atoms with van der Waals surface area (Å²) < 4.78 is 12.8. The number of nitrogens with zero attached hydrogens (tertiary/aromatic N) is 2. The lowest BCUT2D eigenvalue weighted by atomic mass is 10.1. The van der Waals surface area contributed by atoms with Gasteiger partial charge in [0.1, 0.15) is 16.9 Å². The number of benzene rings is 1. The maximum Gasteiger partial charge on any atom is 0.234 e. The second-order valence-corrected chi connectivity index (χ2v) is 6.05. The molecule has 0 saturated heterocycles. The van der Waals surface area contributed by atoms with Crippen LogP contribution in [0.3, 0.4) is 0 Å². The second-order valence-electron chi connectivity index (χ2n) is 5.08. The molecule has 0 aliphatic heterocycles. The molecule has 0 atom stereocenters. The predicted octanol–water partition coefficient (Wildman–Crippen LogP) is 3.75. The van der Waals surface area contributed by atoms with E-state index >= 15 is 0 Å². The van der Waals surface area contributed by atoms with Gasteiger partial charge in [0.05, 0.1) is 11.3 Å². The lowest BCUT2D eigenvalue weighted by Crippen LogP contribution is -2.14. The van der Waals surface area contributed by atoms with Crippen LogP contribution < -0.4 is 5.32 Å². The molecule has 1 aromatic carbocycles. The number of aryl methyl sites for hydroxylation is 1. The number of hydrogen-bond donors (Lipinski definition) is 1. The Labute approximate surface area is 138 Å². The van der Waals surface area contributed by atoms with Gasteiger partial charge >= 0.3 is 0 Å². The Morgan fingerprint density at radius 1 is 1.26 bits per heavy atom. The number of nitriles is 1. The number of halogens is 1. The van der Waals surface area contributed by atoms with Gasteiger partial charge in [0.15, 0.2) is 0 Å². The van der Waals surface area contributed by atoms with E-state index in [1.807, 2.05) is 20.8 Å². The number of hydrogen-bond acceptors (Lipinski definition) is 4. The third kappa shape index (κ3) is 4.08. The fourth-order valence-electron chi connectivity index (χ4n) is 2.01. The first-order valence-electron chi connectivity index (χ1n) is 6.98. The Morgan fingerprint density at radius 3 is 2.52 bits per heavy atom. The van der Waals surface area contributed by atoms with Crippen molar-refractivity contribution in [1.29, 1.82) is 5.26 Å². The van der Waals surface area contributed by atoms with Crippen LogP contribution in [0.15, 0.2) is 29.3 Å². The van der Waals surface area contributed by atoms with Gasteiger partial charge in [-0.25, -0.2) is 9.37 Å². The zero-order chi connectivity index (χ0) is 17.0. The van der Waals surface area contributed by atoms with Crippen LogP contribution >= 0.6 is 11.8 Å². The van der Waals surface area contributed by atoms with Gasteiger partial charge in [0.2, 0.25) is 5.91 Å². The molecule has 1 N–H and O–H groups in total. The summed E-state index contributed by atoms with van der Waals surface area (Å²) in [5.74, 6) is -0.463. The molecule has 2 rings (SSSR count). The SMILES string of the molecule is Cc1nc(SCC(=O)Nc2ccc(F)cc2)c(C#N)c(C)c1C. The number of pyridine rings is 1. The van der Waals surface area contributed by atoms with Crippen LogP contribution in [0.2, 0.25) is 0 Å². The molecule has 0 fully saturated rings. The predicted molar refractivity (Wildman–Crippen MR) is 88.9 cm³/mol. The van der Waals surface area contributed by atoms with E-state index in [2.05, 4.69) is 16.4 Å². The highest BCUT2D eigenvalue weighted by Crippen LogP contribution is 2.26. The van der Waals surface area contributed by atoms with Gasteiger partial charge < -0.3 is 5.32 Å². The summed E-state index contributed by atoms with van der Waals surface area (Å²) in [6.07, 6.45) is 0. The average Bonchev–Trinajstić information content (AvgIpc) is 2.53. The van der Waals surface area contributed by atoms with E-state index in [0.29, 0.717) is 16.3 Å². The lowest BCUT2D eigenvalue weighted by molar-refractivity contribution is -0.113. The Morgan fingerprint density at radius 2 is 1.91 bits per heavy atom. The Balaban J connectivity index is 2.07. The van der Waals surface area contributed by atoms with E-state index in [-0.39, 0.29) is 17.5 Å². The number of thioether (sulfide) groups is 1. The third-order valence-electron chi connectivity index (χ3n) is 3.54. The van der Waals surface area contributed by atoms with Crippen molar-refractivity contribution < 1.29 is 9.18 Å². The van der Waals surface area contributed by atoms with Crippen LogP contribution in [0, 0.1) is 37.9 Å². The number of carbonyl (C=O) groups is 1. The van der Waals surface area contributed by atoms with Gasteiger partial charge in [-0.3, -0.25) is 4.79 Å². The minimum absolute atomic E-state index is 0.126. The monoisotopic (exact) mass is 329 g/mol. The van der Waals surface area contributed by atoms with Crippen molar-refractivity contribution in [3.63, 3.8) is 0 Å². The number of carbonyl (C=O) groups excluding carboxylic acids is 1. The number of amides is 1. The first-order chi connectivity index (χ1) is 10.9. The van der Waals surface area contributed by atoms with Crippen molar-refractivity contribution in [3.05, 3.63) is 52.5 Å². The molecular formula is C17H16FN3OS.